The maximum Gasteiger partial charge on any atom is 0.291 e. The SMILES string of the molecule is COc1cc(/C=N\NC(=O)c2cc(-c3ccc(C)s3)[nH]n2)cc(OC)c1OC. The summed E-state index contributed by atoms with van der Waals surface area (Å²) in [6.45, 7) is 2.02. The number of ether oxygens (including phenoxy) is 3. The fraction of sp³-hybridized carbons (Fsp3) is 0.211. The highest BCUT2D eigenvalue weighted by molar-refractivity contribution is 7.15. The molecule has 0 fully saturated rings. The number of rotatable bonds is 7. The van der Waals surface area contributed by atoms with Crippen LogP contribution in [0.1, 0.15) is 20.9 Å². The van der Waals surface area contributed by atoms with Gasteiger partial charge in [0.1, 0.15) is 0 Å². The lowest BCUT2D eigenvalue weighted by Gasteiger charge is -2.12. The summed E-state index contributed by atoms with van der Waals surface area (Å²) >= 11 is 1.62. The van der Waals surface area contributed by atoms with Crippen molar-refractivity contribution in [2.24, 2.45) is 5.10 Å². The van der Waals surface area contributed by atoms with Gasteiger partial charge in [0, 0.05) is 10.4 Å². The number of H-pyrrole nitrogens is 1. The van der Waals surface area contributed by atoms with Crippen LogP contribution >= 0.6 is 11.3 Å². The zero-order valence-corrected chi connectivity index (χ0v) is 16.7. The summed E-state index contributed by atoms with van der Waals surface area (Å²) in [5.41, 5.74) is 4.17. The van der Waals surface area contributed by atoms with Crippen LogP contribution in [0.2, 0.25) is 0 Å². The van der Waals surface area contributed by atoms with Gasteiger partial charge >= 0.3 is 0 Å². The predicted octanol–water partition coefficient (Wildman–Crippen LogP) is 3.24. The van der Waals surface area contributed by atoms with Gasteiger partial charge in [-0.1, -0.05) is 0 Å². The van der Waals surface area contributed by atoms with Gasteiger partial charge in [-0.3, -0.25) is 9.89 Å². The molecule has 146 valence electrons. The molecule has 0 spiro atoms. The number of nitrogens with zero attached hydrogens (tertiary/aromatic N) is 2. The predicted molar refractivity (Wildman–Crippen MR) is 108 cm³/mol. The van der Waals surface area contributed by atoms with E-state index in [1.165, 1.54) is 32.4 Å². The molecule has 1 aromatic carbocycles. The first-order valence-electron chi connectivity index (χ1n) is 8.31. The maximum atomic E-state index is 12.3. The number of amides is 1. The van der Waals surface area contributed by atoms with Gasteiger partial charge in [0.2, 0.25) is 5.75 Å². The summed E-state index contributed by atoms with van der Waals surface area (Å²) in [5.74, 6) is 1.06. The third-order valence-corrected chi connectivity index (χ3v) is 4.92. The average molecular weight is 400 g/mol. The molecule has 9 heteroatoms. The lowest BCUT2D eigenvalue weighted by atomic mass is 10.2. The van der Waals surface area contributed by atoms with Crippen LogP contribution < -0.4 is 19.6 Å². The summed E-state index contributed by atoms with van der Waals surface area (Å²) in [4.78, 5) is 14.5. The first-order valence-corrected chi connectivity index (χ1v) is 9.13. The van der Waals surface area contributed by atoms with Crippen molar-refractivity contribution in [3.05, 3.63) is 46.5 Å². The molecule has 2 N–H and O–H groups in total. The highest BCUT2D eigenvalue weighted by atomic mass is 32.1. The van der Waals surface area contributed by atoms with Gasteiger partial charge in [-0.15, -0.1) is 11.3 Å². The summed E-state index contributed by atoms with van der Waals surface area (Å²) in [5, 5.41) is 10.9. The Morgan fingerprint density at radius 1 is 1.14 bits per heavy atom. The molecule has 8 nitrogen and oxygen atoms in total. The average Bonchev–Trinajstić information content (AvgIpc) is 3.36. The van der Waals surface area contributed by atoms with Crippen molar-refractivity contribution in [2.75, 3.05) is 21.3 Å². The fourth-order valence-corrected chi connectivity index (χ4v) is 3.38. The fourth-order valence-electron chi connectivity index (χ4n) is 2.54. The van der Waals surface area contributed by atoms with Crippen LogP contribution in [-0.2, 0) is 0 Å². The second kappa shape index (κ2) is 8.57. The summed E-state index contributed by atoms with van der Waals surface area (Å²) in [7, 11) is 4.60. The smallest absolute Gasteiger partial charge is 0.291 e. The van der Waals surface area contributed by atoms with Gasteiger partial charge in [0.25, 0.3) is 5.91 Å². The molecule has 2 aromatic heterocycles. The van der Waals surface area contributed by atoms with Crippen molar-refractivity contribution in [2.45, 2.75) is 6.92 Å². The Bertz CT molecular complexity index is 984. The summed E-state index contributed by atoms with van der Waals surface area (Å²) < 4.78 is 15.9. The Labute approximate surface area is 166 Å². The highest BCUT2D eigenvalue weighted by Crippen LogP contribution is 2.37. The van der Waals surface area contributed by atoms with Gasteiger partial charge < -0.3 is 14.2 Å². The number of benzene rings is 1. The molecular formula is C19H20N4O4S. The van der Waals surface area contributed by atoms with E-state index < -0.39 is 5.91 Å². The van der Waals surface area contributed by atoms with Gasteiger partial charge in [0.15, 0.2) is 17.2 Å². The molecule has 0 unspecified atom stereocenters. The van der Waals surface area contributed by atoms with Gasteiger partial charge in [-0.2, -0.15) is 10.2 Å². The molecule has 2 heterocycles. The van der Waals surface area contributed by atoms with E-state index in [0.29, 0.717) is 22.8 Å². The Morgan fingerprint density at radius 3 is 2.43 bits per heavy atom. The minimum Gasteiger partial charge on any atom is -0.493 e. The molecule has 0 bridgehead atoms. The molecule has 28 heavy (non-hydrogen) atoms. The second-order valence-electron chi connectivity index (χ2n) is 5.73. The molecule has 0 saturated heterocycles. The molecule has 0 aliphatic heterocycles. The molecule has 1 amide bonds. The number of hydrazone groups is 1. The van der Waals surface area contributed by atoms with Crippen LogP contribution in [0.25, 0.3) is 10.6 Å². The van der Waals surface area contributed by atoms with Crippen LogP contribution in [0.5, 0.6) is 17.2 Å². The molecule has 3 aromatic rings. The van der Waals surface area contributed by atoms with Crippen molar-refractivity contribution in [3.8, 4) is 27.8 Å². The highest BCUT2D eigenvalue weighted by Gasteiger charge is 2.13. The standard InChI is InChI=1S/C19H20N4O4S/c1-11-5-6-17(28-11)13-9-14(22-21-13)19(24)23-20-10-12-7-15(25-2)18(27-4)16(8-12)26-3/h5-10H,1-4H3,(H,21,22)(H,23,24)/b20-10-. The van der Waals surface area contributed by atoms with E-state index in [1.54, 1.807) is 29.5 Å². The van der Waals surface area contributed by atoms with Gasteiger partial charge in [-0.25, -0.2) is 5.43 Å². The number of aryl methyl sites for hydroxylation is 1. The number of nitrogens with one attached hydrogen (secondary N) is 2. The number of carbonyl (C=O) groups excluding carboxylic acids is 1. The van der Waals surface area contributed by atoms with Crippen LogP contribution in [0.15, 0.2) is 35.4 Å². The molecule has 3 rings (SSSR count). The normalized spacial score (nSPS) is 10.9. The lowest BCUT2D eigenvalue weighted by Crippen LogP contribution is -2.18. The first kappa shape index (κ1) is 19.4. The molecule has 0 saturated carbocycles. The monoisotopic (exact) mass is 400 g/mol. The van der Waals surface area contributed by atoms with Crippen molar-refractivity contribution in [3.63, 3.8) is 0 Å². The Balaban J connectivity index is 1.71. The number of methoxy groups -OCH3 is 3. The number of aromatic nitrogens is 2. The van der Waals surface area contributed by atoms with Crippen LogP contribution in [0.4, 0.5) is 0 Å². The van der Waals surface area contributed by atoms with E-state index in [1.807, 2.05) is 19.1 Å². The number of carbonyl (C=O) groups is 1. The van der Waals surface area contributed by atoms with Gasteiger partial charge in [0.05, 0.1) is 38.1 Å². The van der Waals surface area contributed by atoms with Crippen molar-refractivity contribution < 1.29 is 19.0 Å². The third kappa shape index (κ3) is 4.15. The zero-order chi connectivity index (χ0) is 20.1. The van der Waals surface area contributed by atoms with Crippen LogP contribution in [0.3, 0.4) is 0 Å². The van der Waals surface area contributed by atoms with E-state index in [0.717, 1.165) is 10.6 Å². The quantitative estimate of drug-likeness (QED) is 0.469. The Morgan fingerprint density at radius 2 is 1.86 bits per heavy atom. The number of aromatic amines is 1. The van der Waals surface area contributed by atoms with E-state index >= 15 is 0 Å². The van der Waals surface area contributed by atoms with E-state index in [9.17, 15) is 4.79 Å². The first-order chi connectivity index (χ1) is 13.5. The molecule has 0 aliphatic rings. The van der Waals surface area contributed by atoms with Crippen LogP contribution in [0, 0.1) is 6.92 Å². The van der Waals surface area contributed by atoms with Crippen LogP contribution in [-0.4, -0.2) is 43.6 Å². The molecule has 0 atom stereocenters. The largest absolute Gasteiger partial charge is 0.493 e. The van der Waals surface area contributed by atoms with Crippen molar-refractivity contribution >= 4 is 23.5 Å². The summed E-state index contributed by atoms with van der Waals surface area (Å²) in [6.07, 6.45) is 1.48. The molecular weight excluding hydrogens is 380 g/mol. The van der Waals surface area contributed by atoms with E-state index in [-0.39, 0.29) is 5.69 Å². The molecule has 0 aliphatic carbocycles. The van der Waals surface area contributed by atoms with E-state index in [4.69, 9.17) is 14.2 Å². The minimum atomic E-state index is -0.417. The second-order valence-corrected chi connectivity index (χ2v) is 7.02. The minimum absolute atomic E-state index is 0.253. The Hall–Kier alpha value is -3.33. The van der Waals surface area contributed by atoms with Gasteiger partial charge in [-0.05, 0) is 37.3 Å². The van der Waals surface area contributed by atoms with Crippen molar-refractivity contribution in [1.82, 2.24) is 15.6 Å². The number of hydrogen-bond acceptors (Lipinski definition) is 7. The third-order valence-electron chi connectivity index (χ3n) is 3.88. The number of thiophene rings is 1. The number of hydrogen-bond donors (Lipinski definition) is 2. The topological polar surface area (TPSA) is 97.8 Å². The van der Waals surface area contributed by atoms with E-state index in [2.05, 4.69) is 20.7 Å². The molecule has 0 radical (unpaired) electrons. The maximum absolute atomic E-state index is 12.3. The zero-order valence-electron chi connectivity index (χ0n) is 15.9. The Kier molecular flexibility index (Phi) is 5.95. The lowest BCUT2D eigenvalue weighted by molar-refractivity contribution is 0.0950. The summed E-state index contributed by atoms with van der Waals surface area (Å²) in [6, 6.07) is 9.14. The van der Waals surface area contributed by atoms with Crippen molar-refractivity contribution in [1.29, 1.82) is 0 Å².